The van der Waals surface area contributed by atoms with E-state index in [2.05, 4.69) is 55.1 Å². The molecule has 2 aromatic carbocycles. The largest absolute Gasteiger partial charge is 0.405 e. The van der Waals surface area contributed by atoms with Gasteiger partial charge in [0.05, 0.1) is 24.0 Å². The normalized spacial score (nSPS) is 20.2. The summed E-state index contributed by atoms with van der Waals surface area (Å²) in [5.74, 6) is 0.723. The van der Waals surface area contributed by atoms with Gasteiger partial charge in [0.1, 0.15) is 5.54 Å². The average Bonchev–Trinajstić information content (AvgIpc) is 4.12. The summed E-state index contributed by atoms with van der Waals surface area (Å²) in [5.41, 5.74) is 3.77. The number of thioether (sulfide) groups is 1. The molecule has 2 amide bonds. The van der Waals surface area contributed by atoms with Gasteiger partial charge in [0.15, 0.2) is 15.8 Å². The third-order valence-corrected chi connectivity index (χ3v) is 16.1. The van der Waals surface area contributed by atoms with E-state index in [0.717, 1.165) is 141 Å². The molecule has 3 aliphatic heterocycles. The van der Waals surface area contributed by atoms with Gasteiger partial charge in [-0.2, -0.15) is 11.8 Å². The minimum atomic E-state index is -0.937. The number of aromatic nitrogens is 2. The molecule has 4 fully saturated rings. The van der Waals surface area contributed by atoms with Crippen molar-refractivity contribution in [1.29, 1.82) is 0 Å². The Labute approximate surface area is 401 Å². The summed E-state index contributed by atoms with van der Waals surface area (Å²) in [4.78, 5) is 62.8. The second-order valence-corrected chi connectivity index (χ2v) is 21.1. The molecule has 1 spiro atoms. The fourth-order valence-electron chi connectivity index (χ4n) is 9.32. The van der Waals surface area contributed by atoms with E-state index < -0.39 is 11.1 Å². The topological polar surface area (TPSA) is 156 Å². The number of benzene rings is 2. The van der Waals surface area contributed by atoms with E-state index in [1.54, 1.807) is 34.4 Å². The Morgan fingerprint density at radius 3 is 1.76 bits per heavy atom. The number of ether oxygens (including phenoxy) is 1. The lowest BCUT2D eigenvalue weighted by Crippen LogP contribution is -2.61. The summed E-state index contributed by atoms with van der Waals surface area (Å²) in [6.45, 7) is 8.13. The van der Waals surface area contributed by atoms with Crippen LogP contribution in [0.5, 0.6) is 0 Å². The Kier molecular flexibility index (Phi) is 16.1. The Bertz CT molecular complexity index is 2270. The van der Waals surface area contributed by atoms with Crippen molar-refractivity contribution in [3.8, 4) is 22.5 Å². The van der Waals surface area contributed by atoms with Gasteiger partial charge in [-0.25, -0.2) is 19.8 Å². The molecule has 2 aliphatic carbocycles. The van der Waals surface area contributed by atoms with E-state index in [4.69, 9.17) is 19.7 Å². The number of hydrogen-bond acceptors (Lipinski definition) is 15. The first-order valence-electron chi connectivity index (χ1n) is 23.6. The molecule has 3 N–H and O–H groups in total. The predicted octanol–water partition coefficient (Wildman–Crippen LogP) is 6.79. The van der Waals surface area contributed by atoms with Gasteiger partial charge in [-0.15, -0.1) is 22.7 Å². The highest BCUT2D eigenvalue weighted by molar-refractivity contribution is 7.98. The molecule has 17 heteroatoms. The van der Waals surface area contributed by atoms with Crippen LogP contribution in [0.3, 0.4) is 0 Å². The highest BCUT2D eigenvalue weighted by atomic mass is 32.2. The number of aliphatic hydroxyl groups excluding tert-OH is 1. The maximum atomic E-state index is 13.4. The van der Waals surface area contributed by atoms with E-state index in [9.17, 15) is 19.5 Å². The van der Waals surface area contributed by atoms with Gasteiger partial charge < -0.3 is 40.1 Å². The molecule has 5 heterocycles. The molecule has 2 aromatic heterocycles. The molecule has 5 aliphatic rings. The molecule has 2 saturated heterocycles. The van der Waals surface area contributed by atoms with Crippen LogP contribution in [0.4, 0.5) is 10.3 Å². The third kappa shape index (κ3) is 11.5. The van der Waals surface area contributed by atoms with Gasteiger partial charge in [0.25, 0.3) is 5.91 Å². The van der Waals surface area contributed by atoms with Crippen molar-refractivity contribution in [1.82, 2.24) is 30.4 Å². The predicted molar refractivity (Wildman–Crippen MR) is 268 cm³/mol. The molecular weight excluding hydrogens is 891 g/mol. The number of carbonyl (C=O) groups excluding carboxylic acids is 3. The molecular formula is C49H65N9O5S3. The second kappa shape index (κ2) is 22.1. The summed E-state index contributed by atoms with van der Waals surface area (Å²) < 4.78 is 5.57. The molecule has 4 aromatic rings. The van der Waals surface area contributed by atoms with E-state index in [1.807, 2.05) is 54.8 Å². The highest BCUT2D eigenvalue weighted by Crippen LogP contribution is 2.38. The fraction of sp³-hybridized carbons (Fsp3) is 0.551. The summed E-state index contributed by atoms with van der Waals surface area (Å²) in [7, 11) is 4.30. The standard InChI is InChI=1S/C27H39N5O3S2.C22H26N4O2S/c1-31-13-15-32(16-14-31)26-29-23(19-37-26)20-6-8-21(9-7-20)24(34)30-27(11-4-3-5-12-27)25(35)28-22(18-33)10-17-36-2;1-25-11-13-26(14-12-25)21-23-18(15-29-21)16-5-7-17(8-6-16)19-24-22(20(27)28-19)9-3-2-4-10-22/h6-9,19,22,33H,3-5,10-18H2,1-2H3,(H,28,35)(H,30,34);5-8,15H,2-4,9-14H2,1H3/t22-;/m0./s1. The maximum absolute atomic E-state index is 13.4. The van der Waals surface area contributed by atoms with Crippen molar-refractivity contribution in [3.63, 3.8) is 0 Å². The van der Waals surface area contributed by atoms with E-state index in [0.29, 0.717) is 30.7 Å². The number of cyclic esters (lactones) is 1. The number of esters is 1. The number of nitrogens with zero attached hydrogens (tertiary/aromatic N) is 7. The van der Waals surface area contributed by atoms with Crippen LogP contribution in [-0.2, 0) is 14.3 Å². The van der Waals surface area contributed by atoms with Gasteiger partial charge >= 0.3 is 5.97 Å². The fourth-order valence-corrected chi connectivity index (χ4v) is 11.6. The van der Waals surface area contributed by atoms with Crippen LogP contribution in [0, 0.1) is 0 Å². The molecule has 9 rings (SSSR count). The number of piperazine rings is 2. The minimum absolute atomic E-state index is 0.106. The van der Waals surface area contributed by atoms with Crippen molar-refractivity contribution in [2.45, 2.75) is 87.7 Å². The monoisotopic (exact) mass is 955 g/mol. The number of aliphatic hydroxyl groups is 1. The number of amides is 2. The van der Waals surface area contributed by atoms with Crippen LogP contribution in [-0.4, -0.2) is 151 Å². The SMILES string of the molecule is CN1CCN(c2nc(-c3ccc(C4=NC5(CCCCC5)C(=O)O4)cc3)cs2)CC1.CSCC[C@@H](CO)NC(=O)C1(NC(=O)c2ccc(-c3csc(N4CCN(C)CC4)n3)cc2)CCCCC1. The van der Waals surface area contributed by atoms with E-state index in [-0.39, 0.29) is 30.4 Å². The Morgan fingerprint density at radius 1 is 0.742 bits per heavy atom. The quantitative estimate of drug-likeness (QED) is 0.121. The van der Waals surface area contributed by atoms with E-state index in [1.165, 1.54) is 6.42 Å². The third-order valence-electron chi connectivity index (χ3n) is 13.7. The number of hydrogen-bond donors (Lipinski definition) is 3. The summed E-state index contributed by atoms with van der Waals surface area (Å²) >= 11 is 5.04. The number of anilines is 2. The average molecular weight is 956 g/mol. The lowest BCUT2D eigenvalue weighted by Gasteiger charge is -2.37. The molecule has 0 bridgehead atoms. The van der Waals surface area contributed by atoms with Crippen LogP contribution < -0.4 is 20.4 Å². The summed E-state index contributed by atoms with van der Waals surface area (Å²) in [6, 6.07) is 15.2. The highest BCUT2D eigenvalue weighted by Gasteiger charge is 2.47. The zero-order chi connectivity index (χ0) is 46.1. The molecule has 1 atom stereocenters. The molecule has 14 nitrogen and oxygen atoms in total. The smallest absolute Gasteiger partial charge is 0.340 e. The zero-order valence-electron chi connectivity index (χ0n) is 38.6. The number of carbonyl (C=O) groups is 3. The number of aliphatic imine (C=N–C) groups is 1. The first-order valence-corrected chi connectivity index (χ1v) is 26.8. The van der Waals surface area contributed by atoms with Crippen molar-refractivity contribution >= 4 is 68.4 Å². The van der Waals surface area contributed by atoms with Crippen molar-refractivity contribution in [3.05, 3.63) is 70.4 Å². The van der Waals surface area contributed by atoms with Crippen molar-refractivity contribution in [2.24, 2.45) is 4.99 Å². The number of nitrogens with one attached hydrogen (secondary N) is 2. The molecule has 0 unspecified atom stereocenters. The number of likely N-dealkylation sites (N-methyl/N-ethyl adjacent to an activating group) is 2. The minimum Gasteiger partial charge on any atom is -0.405 e. The van der Waals surface area contributed by atoms with Crippen LogP contribution >= 0.6 is 34.4 Å². The molecule has 66 heavy (non-hydrogen) atoms. The molecule has 2 saturated carbocycles. The Hall–Kier alpha value is -4.39. The van der Waals surface area contributed by atoms with Crippen LogP contribution in [0.2, 0.25) is 0 Å². The second-order valence-electron chi connectivity index (χ2n) is 18.4. The summed E-state index contributed by atoms with van der Waals surface area (Å²) in [6.07, 6.45) is 11.6. The maximum Gasteiger partial charge on any atom is 0.340 e. The first kappa shape index (κ1) is 48.1. The van der Waals surface area contributed by atoms with Gasteiger partial charge in [0, 0.05) is 85.4 Å². The van der Waals surface area contributed by atoms with Gasteiger partial charge in [-0.3, -0.25) is 9.59 Å². The molecule has 354 valence electrons. The first-order chi connectivity index (χ1) is 32.1. The van der Waals surface area contributed by atoms with Gasteiger partial charge in [-0.1, -0.05) is 62.8 Å². The van der Waals surface area contributed by atoms with Gasteiger partial charge in [-0.05, 0) is 82.5 Å². The van der Waals surface area contributed by atoms with Crippen LogP contribution in [0.15, 0.2) is 64.3 Å². The van der Waals surface area contributed by atoms with Crippen LogP contribution in [0.1, 0.15) is 86.6 Å². The number of thiazole rings is 2. The van der Waals surface area contributed by atoms with Crippen molar-refractivity contribution < 1.29 is 24.2 Å². The Morgan fingerprint density at radius 2 is 1.24 bits per heavy atom. The zero-order valence-corrected chi connectivity index (χ0v) is 41.1. The lowest BCUT2D eigenvalue weighted by atomic mass is 9.80. The summed E-state index contributed by atoms with van der Waals surface area (Å²) in [5, 5.41) is 22.1. The Balaban J connectivity index is 0.000000184. The van der Waals surface area contributed by atoms with Crippen LogP contribution in [0.25, 0.3) is 22.5 Å². The van der Waals surface area contributed by atoms with Crippen molar-refractivity contribution in [2.75, 3.05) is 94.9 Å². The molecule has 0 radical (unpaired) electrons. The van der Waals surface area contributed by atoms with Gasteiger partial charge in [0.2, 0.25) is 11.8 Å². The number of rotatable bonds is 13. The van der Waals surface area contributed by atoms with E-state index >= 15 is 0 Å². The lowest BCUT2D eigenvalue weighted by molar-refractivity contribution is -0.140.